The first-order valence-electron chi connectivity index (χ1n) is 4.72. The molecular formula is C9H21N3. The fourth-order valence-electron chi connectivity index (χ4n) is 1.62. The van der Waals surface area contributed by atoms with Gasteiger partial charge in [-0.05, 0) is 20.0 Å². The van der Waals surface area contributed by atoms with Gasteiger partial charge in [0.2, 0.25) is 0 Å². The lowest BCUT2D eigenvalue weighted by atomic mass is 10.1. The molecule has 0 amide bonds. The summed E-state index contributed by atoms with van der Waals surface area (Å²) < 4.78 is 0. The van der Waals surface area contributed by atoms with Crippen LogP contribution >= 0.6 is 0 Å². The van der Waals surface area contributed by atoms with E-state index in [0.717, 1.165) is 19.6 Å². The topological polar surface area (TPSA) is 32.5 Å². The number of likely N-dealkylation sites (tertiary alicyclic amines) is 1. The van der Waals surface area contributed by atoms with E-state index in [4.69, 9.17) is 5.73 Å². The second kappa shape index (κ2) is 4.21. The summed E-state index contributed by atoms with van der Waals surface area (Å²) in [6.07, 6.45) is 0. The van der Waals surface area contributed by atoms with E-state index >= 15 is 0 Å². The molecule has 0 aromatic carbocycles. The number of nitrogens with two attached hydrogens (primary N) is 1. The first-order chi connectivity index (χ1) is 5.59. The van der Waals surface area contributed by atoms with Gasteiger partial charge in [-0.3, -0.25) is 0 Å². The zero-order valence-corrected chi connectivity index (χ0v) is 8.45. The van der Waals surface area contributed by atoms with Crippen molar-refractivity contribution in [2.75, 3.05) is 40.3 Å². The van der Waals surface area contributed by atoms with Crippen molar-refractivity contribution < 1.29 is 0 Å². The average Bonchev–Trinajstić information content (AvgIpc) is 2.28. The van der Waals surface area contributed by atoms with Crippen molar-refractivity contribution in [1.29, 1.82) is 0 Å². The first kappa shape index (κ1) is 9.96. The Labute approximate surface area is 75.5 Å². The van der Waals surface area contributed by atoms with Gasteiger partial charge in [-0.2, -0.15) is 0 Å². The molecule has 0 aromatic heterocycles. The van der Waals surface area contributed by atoms with Crippen LogP contribution in [-0.4, -0.2) is 56.1 Å². The van der Waals surface area contributed by atoms with Crippen LogP contribution in [0.2, 0.25) is 0 Å². The normalized spacial score (nSPS) is 31.8. The van der Waals surface area contributed by atoms with Crippen molar-refractivity contribution in [3.05, 3.63) is 0 Å². The molecule has 1 fully saturated rings. The van der Waals surface area contributed by atoms with Crippen molar-refractivity contribution in [1.82, 2.24) is 9.80 Å². The van der Waals surface area contributed by atoms with Crippen LogP contribution in [0.15, 0.2) is 0 Å². The SMILES string of the molecule is CC1CN(CCN(C)C)CC1N. The van der Waals surface area contributed by atoms with Gasteiger partial charge in [0.15, 0.2) is 0 Å². The van der Waals surface area contributed by atoms with Gasteiger partial charge in [0.05, 0.1) is 0 Å². The second-order valence-electron chi connectivity index (χ2n) is 4.20. The molecule has 3 heteroatoms. The Kier molecular flexibility index (Phi) is 3.50. The summed E-state index contributed by atoms with van der Waals surface area (Å²) in [5.41, 5.74) is 5.92. The minimum atomic E-state index is 0.396. The van der Waals surface area contributed by atoms with E-state index in [1.54, 1.807) is 0 Å². The number of hydrogen-bond donors (Lipinski definition) is 1. The first-order valence-corrected chi connectivity index (χ1v) is 4.72. The van der Waals surface area contributed by atoms with E-state index in [2.05, 4.69) is 30.8 Å². The van der Waals surface area contributed by atoms with Crippen molar-refractivity contribution in [3.8, 4) is 0 Å². The molecule has 3 nitrogen and oxygen atoms in total. The molecule has 0 spiro atoms. The van der Waals surface area contributed by atoms with Gasteiger partial charge < -0.3 is 15.5 Å². The summed E-state index contributed by atoms with van der Waals surface area (Å²) in [5, 5.41) is 0. The van der Waals surface area contributed by atoms with E-state index in [0.29, 0.717) is 12.0 Å². The summed E-state index contributed by atoms with van der Waals surface area (Å²) in [7, 11) is 4.22. The summed E-state index contributed by atoms with van der Waals surface area (Å²) in [6.45, 7) is 6.79. The van der Waals surface area contributed by atoms with Crippen molar-refractivity contribution >= 4 is 0 Å². The quantitative estimate of drug-likeness (QED) is 0.640. The zero-order chi connectivity index (χ0) is 9.14. The third-order valence-corrected chi connectivity index (χ3v) is 2.61. The number of hydrogen-bond acceptors (Lipinski definition) is 3. The summed E-state index contributed by atoms with van der Waals surface area (Å²) in [4.78, 5) is 4.67. The molecule has 0 aliphatic carbocycles. The molecule has 72 valence electrons. The van der Waals surface area contributed by atoms with E-state index in [9.17, 15) is 0 Å². The number of likely N-dealkylation sites (N-methyl/N-ethyl adjacent to an activating group) is 1. The van der Waals surface area contributed by atoms with Gasteiger partial charge in [0.25, 0.3) is 0 Å². The van der Waals surface area contributed by atoms with Crippen LogP contribution in [0.1, 0.15) is 6.92 Å². The Morgan fingerprint density at radius 3 is 2.50 bits per heavy atom. The minimum Gasteiger partial charge on any atom is -0.326 e. The highest BCUT2D eigenvalue weighted by molar-refractivity contribution is 4.83. The van der Waals surface area contributed by atoms with Crippen molar-refractivity contribution in [3.63, 3.8) is 0 Å². The largest absolute Gasteiger partial charge is 0.326 e. The predicted molar refractivity (Wildman–Crippen MR) is 52.1 cm³/mol. The Hall–Kier alpha value is -0.120. The standard InChI is InChI=1S/C9H21N3/c1-8-6-12(7-9(8)10)5-4-11(2)3/h8-9H,4-7,10H2,1-3H3. The smallest absolute Gasteiger partial charge is 0.0206 e. The van der Waals surface area contributed by atoms with Gasteiger partial charge in [-0.25, -0.2) is 0 Å². The highest BCUT2D eigenvalue weighted by Crippen LogP contribution is 2.13. The number of nitrogens with zero attached hydrogens (tertiary/aromatic N) is 2. The molecular weight excluding hydrogens is 150 g/mol. The molecule has 1 aliphatic heterocycles. The van der Waals surface area contributed by atoms with Crippen LogP contribution in [0.5, 0.6) is 0 Å². The Bertz CT molecular complexity index is 126. The van der Waals surface area contributed by atoms with Gasteiger partial charge in [0, 0.05) is 32.2 Å². The van der Waals surface area contributed by atoms with Crippen LogP contribution in [0.25, 0.3) is 0 Å². The fraction of sp³-hybridized carbons (Fsp3) is 1.00. The third kappa shape index (κ3) is 2.73. The van der Waals surface area contributed by atoms with Crippen LogP contribution in [0, 0.1) is 5.92 Å². The fourth-order valence-corrected chi connectivity index (χ4v) is 1.62. The zero-order valence-electron chi connectivity index (χ0n) is 8.45. The molecule has 1 heterocycles. The lowest BCUT2D eigenvalue weighted by Gasteiger charge is -2.17. The maximum atomic E-state index is 5.92. The van der Waals surface area contributed by atoms with E-state index in [1.165, 1.54) is 6.54 Å². The molecule has 1 aliphatic rings. The molecule has 12 heavy (non-hydrogen) atoms. The molecule has 1 saturated heterocycles. The average molecular weight is 171 g/mol. The summed E-state index contributed by atoms with van der Waals surface area (Å²) in [5.74, 6) is 0.673. The monoisotopic (exact) mass is 171 g/mol. The third-order valence-electron chi connectivity index (χ3n) is 2.61. The molecule has 2 N–H and O–H groups in total. The van der Waals surface area contributed by atoms with Gasteiger partial charge in [-0.15, -0.1) is 0 Å². The number of rotatable bonds is 3. The second-order valence-corrected chi connectivity index (χ2v) is 4.20. The van der Waals surface area contributed by atoms with E-state index in [1.807, 2.05) is 0 Å². The van der Waals surface area contributed by atoms with E-state index < -0.39 is 0 Å². The Morgan fingerprint density at radius 2 is 2.08 bits per heavy atom. The highest BCUT2D eigenvalue weighted by atomic mass is 15.2. The molecule has 2 unspecified atom stereocenters. The molecule has 0 bridgehead atoms. The summed E-state index contributed by atoms with van der Waals surface area (Å²) >= 11 is 0. The molecule has 2 atom stereocenters. The maximum absolute atomic E-state index is 5.92. The maximum Gasteiger partial charge on any atom is 0.0206 e. The predicted octanol–water partition coefficient (Wildman–Crippen LogP) is -0.173. The Morgan fingerprint density at radius 1 is 1.42 bits per heavy atom. The van der Waals surface area contributed by atoms with Crippen molar-refractivity contribution in [2.24, 2.45) is 11.7 Å². The molecule has 0 aromatic rings. The minimum absolute atomic E-state index is 0.396. The Balaban J connectivity index is 2.19. The lowest BCUT2D eigenvalue weighted by molar-refractivity contribution is 0.276. The van der Waals surface area contributed by atoms with Gasteiger partial charge >= 0.3 is 0 Å². The van der Waals surface area contributed by atoms with Crippen LogP contribution in [0.4, 0.5) is 0 Å². The van der Waals surface area contributed by atoms with Gasteiger partial charge in [0.1, 0.15) is 0 Å². The van der Waals surface area contributed by atoms with Gasteiger partial charge in [-0.1, -0.05) is 6.92 Å². The van der Waals surface area contributed by atoms with Crippen molar-refractivity contribution in [2.45, 2.75) is 13.0 Å². The van der Waals surface area contributed by atoms with Crippen LogP contribution in [-0.2, 0) is 0 Å². The molecule has 0 saturated carbocycles. The lowest BCUT2D eigenvalue weighted by Crippen LogP contribution is -2.32. The highest BCUT2D eigenvalue weighted by Gasteiger charge is 2.25. The van der Waals surface area contributed by atoms with Crippen LogP contribution < -0.4 is 5.73 Å². The van der Waals surface area contributed by atoms with Crippen LogP contribution in [0.3, 0.4) is 0 Å². The molecule has 1 rings (SSSR count). The molecule has 0 radical (unpaired) electrons. The summed E-state index contributed by atoms with van der Waals surface area (Å²) in [6, 6.07) is 0.396. The van der Waals surface area contributed by atoms with E-state index in [-0.39, 0.29) is 0 Å².